The van der Waals surface area contributed by atoms with Crippen molar-refractivity contribution in [2.75, 3.05) is 0 Å². The van der Waals surface area contributed by atoms with Gasteiger partial charge in [-0.2, -0.15) is 0 Å². The zero-order valence-corrected chi connectivity index (χ0v) is 11.8. The summed E-state index contributed by atoms with van der Waals surface area (Å²) in [4.78, 5) is 11.4. The van der Waals surface area contributed by atoms with Gasteiger partial charge in [0.15, 0.2) is 11.6 Å². The molecule has 0 amide bonds. The number of halogens is 3. The van der Waals surface area contributed by atoms with Crippen molar-refractivity contribution >= 4 is 17.6 Å². The Morgan fingerprint density at radius 2 is 1.67 bits per heavy atom. The Labute approximate surface area is 126 Å². The summed E-state index contributed by atoms with van der Waals surface area (Å²) in [6.07, 6.45) is 0.0646. The molecule has 2 rings (SSSR count). The minimum Gasteiger partial charge on any atom is -0.481 e. The highest BCUT2D eigenvalue weighted by Gasteiger charge is 2.22. The van der Waals surface area contributed by atoms with E-state index in [1.54, 1.807) is 24.3 Å². The first-order valence-corrected chi connectivity index (χ1v) is 6.76. The van der Waals surface area contributed by atoms with Crippen molar-refractivity contribution in [3.63, 3.8) is 0 Å². The van der Waals surface area contributed by atoms with Gasteiger partial charge in [0, 0.05) is 5.02 Å². The van der Waals surface area contributed by atoms with E-state index in [4.69, 9.17) is 11.6 Å². The monoisotopic (exact) mass is 310 g/mol. The van der Waals surface area contributed by atoms with Crippen LogP contribution in [-0.2, 0) is 17.6 Å². The van der Waals surface area contributed by atoms with E-state index in [0.29, 0.717) is 10.6 Å². The van der Waals surface area contributed by atoms with Crippen LogP contribution in [0.1, 0.15) is 11.1 Å². The fourth-order valence-corrected chi connectivity index (χ4v) is 2.36. The highest BCUT2D eigenvalue weighted by atomic mass is 35.5. The van der Waals surface area contributed by atoms with Crippen LogP contribution in [0.4, 0.5) is 8.78 Å². The third-order valence-electron chi connectivity index (χ3n) is 3.27. The number of carboxylic acid groups (broad SMARTS) is 1. The lowest BCUT2D eigenvalue weighted by atomic mass is 9.92. The molecule has 2 aromatic carbocycles. The van der Waals surface area contributed by atoms with Crippen molar-refractivity contribution in [3.8, 4) is 0 Å². The number of carboxylic acids is 1. The van der Waals surface area contributed by atoms with Crippen LogP contribution in [0.15, 0.2) is 42.5 Å². The van der Waals surface area contributed by atoms with E-state index in [0.717, 1.165) is 6.07 Å². The topological polar surface area (TPSA) is 37.3 Å². The first-order valence-electron chi connectivity index (χ1n) is 6.38. The zero-order valence-electron chi connectivity index (χ0n) is 11.0. The molecular formula is C16H13ClF2O2. The molecule has 0 aliphatic rings. The molecule has 0 aliphatic heterocycles. The minimum absolute atomic E-state index is 0.0504. The normalized spacial score (nSPS) is 12.1. The van der Waals surface area contributed by atoms with E-state index in [1.807, 2.05) is 0 Å². The molecule has 0 aliphatic carbocycles. The summed E-state index contributed by atoms with van der Waals surface area (Å²) in [5.74, 6) is -3.92. The zero-order chi connectivity index (χ0) is 15.4. The molecule has 5 heteroatoms. The molecule has 0 saturated heterocycles. The predicted molar refractivity (Wildman–Crippen MR) is 76.3 cm³/mol. The van der Waals surface area contributed by atoms with Gasteiger partial charge < -0.3 is 5.11 Å². The van der Waals surface area contributed by atoms with Gasteiger partial charge in [-0.1, -0.05) is 41.9 Å². The second-order valence-corrected chi connectivity index (χ2v) is 5.15. The first kappa shape index (κ1) is 15.4. The molecule has 0 spiro atoms. The quantitative estimate of drug-likeness (QED) is 0.902. The van der Waals surface area contributed by atoms with Crippen molar-refractivity contribution in [3.05, 3.63) is 70.2 Å². The van der Waals surface area contributed by atoms with Crippen LogP contribution in [0, 0.1) is 17.6 Å². The Bertz CT molecular complexity index is 658. The van der Waals surface area contributed by atoms with Crippen LogP contribution < -0.4 is 0 Å². The third-order valence-corrected chi connectivity index (χ3v) is 3.64. The highest BCUT2D eigenvalue weighted by molar-refractivity contribution is 6.31. The lowest BCUT2D eigenvalue weighted by molar-refractivity contribution is -0.141. The second-order valence-electron chi connectivity index (χ2n) is 4.75. The smallest absolute Gasteiger partial charge is 0.307 e. The van der Waals surface area contributed by atoms with Gasteiger partial charge in [0.1, 0.15) is 0 Å². The van der Waals surface area contributed by atoms with Crippen molar-refractivity contribution in [2.24, 2.45) is 5.92 Å². The van der Waals surface area contributed by atoms with Crippen molar-refractivity contribution in [1.29, 1.82) is 0 Å². The van der Waals surface area contributed by atoms with Gasteiger partial charge in [-0.3, -0.25) is 4.79 Å². The third kappa shape index (κ3) is 3.79. The minimum atomic E-state index is -1.07. The van der Waals surface area contributed by atoms with Crippen LogP contribution in [0.5, 0.6) is 0 Å². The molecule has 0 fully saturated rings. The summed E-state index contributed by atoms with van der Waals surface area (Å²) < 4.78 is 26.8. The summed E-state index contributed by atoms with van der Waals surface area (Å²) in [7, 11) is 0. The van der Waals surface area contributed by atoms with Gasteiger partial charge in [0.05, 0.1) is 5.92 Å². The molecule has 1 atom stereocenters. The standard InChI is InChI=1S/C16H13ClF2O2/c17-13-6-2-1-4-10(13)8-12(16(20)21)9-11-5-3-7-14(18)15(11)19/h1-7,12H,8-9H2,(H,20,21). The maximum atomic E-state index is 13.6. The van der Waals surface area contributed by atoms with E-state index in [-0.39, 0.29) is 18.4 Å². The van der Waals surface area contributed by atoms with Gasteiger partial charge in [-0.05, 0) is 36.1 Å². The maximum absolute atomic E-state index is 13.6. The summed E-state index contributed by atoms with van der Waals surface area (Å²) in [5, 5.41) is 9.75. The molecule has 1 N–H and O–H groups in total. The van der Waals surface area contributed by atoms with Gasteiger partial charge in [-0.25, -0.2) is 8.78 Å². The van der Waals surface area contributed by atoms with Gasteiger partial charge in [0.25, 0.3) is 0 Å². The van der Waals surface area contributed by atoms with Crippen LogP contribution in [-0.4, -0.2) is 11.1 Å². The molecule has 2 aromatic rings. The fourth-order valence-electron chi connectivity index (χ4n) is 2.15. The van der Waals surface area contributed by atoms with E-state index in [1.165, 1.54) is 12.1 Å². The Kier molecular flexibility index (Phi) is 4.91. The lowest BCUT2D eigenvalue weighted by Gasteiger charge is -2.14. The van der Waals surface area contributed by atoms with Crippen LogP contribution in [0.3, 0.4) is 0 Å². The fraction of sp³-hybridized carbons (Fsp3) is 0.188. The van der Waals surface area contributed by atoms with Gasteiger partial charge >= 0.3 is 5.97 Å². The van der Waals surface area contributed by atoms with Crippen LogP contribution >= 0.6 is 11.6 Å². The number of aliphatic carboxylic acids is 1. The Balaban J connectivity index is 2.22. The lowest BCUT2D eigenvalue weighted by Crippen LogP contribution is -2.20. The molecule has 1 unspecified atom stereocenters. The molecule has 0 radical (unpaired) electrons. The maximum Gasteiger partial charge on any atom is 0.307 e. The summed E-state index contributed by atoms with van der Waals surface area (Å²) in [6, 6.07) is 10.6. The number of benzene rings is 2. The Morgan fingerprint density at radius 3 is 2.33 bits per heavy atom. The molecule has 0 heterocycles. The molecule has 21 heavy (non-hydrogen) atoms. The number of rotatable bonds is 5. The SMILES string of the molecule is O=C(O)C(Cc1ccccc1Cl)Cc1cccc(F)c1F. The largest absolute Gasteiger partial charge is 0.481 e. The van der Waals surface area contributed by atoms with Crippen molar-refractivity contribution in [2.45, 2.75) is 12.8 Å². The van der Waals surface area contributed by atoms with E-state index in [9.17, 15) is 18.7 Å². The predicted octanol–water partition coefficient (Wildman–Crippen LogP) is 4.10. The summed E-state index contributed by atoms with van der Waals surface area (Å²) >= 11 is 6.01. The molecule has 0 bridgehead atoms. The van der Waals surface area contributed by atoms with Crippen LogP contribution in [0.2, 0.25) is 5.02 Å². The van der Waals surface area contributed by atoms with Crippen LogP contribution in [0.25, 0.3) is 0 Å². The first-order chi connectivity index (χ1) is 9.99. The van der Waals surface area contributed by atoms with Gasteiger partial charge in [-0.15, -0.1) is 0 Å². The number of hydrogen-bond donors (Lipinski definition) is 1. The van der Waals surface area contributed by atoms with Crippen molar-refractivity contribution < 1.29 is 18.7 Å². The number of hydrogen-bond acceptors (Lipinski definition) is 1. The summed E-state index contributed by atoms with van der Waals surface area (Å²) in [5.41, 5.74) is 0.720. The average molecular weight is 311 g/mol. The molecule has 2 nitrogen and oxygen atoms in total. The van der Waals surface area contributed by atoms with Gasteiger partial charge in [0.2, 0.25) is 0 Å². The van der Waals surface area contributed by atoms with E-state index < -0.39 is 23.5 Å². The van der Waals surface area contributed by atoms with Crippen molar-refractivity contribution in [1.82, 2.24) is 0 Å². The average Bonchev–Trinajstić information content (AvgIpc) is 2.45. The van der Waals surface area contributed by atoms with E-state index >= 15 is 0 Å². The molecule has 0 saturated carbocycles. The summed E-state index contributed by atoms with van der Waals surface area (Å²) in [6.45, 7) is 0. The highest BCUT2D eigenvalue weighted by Crippen LogP contribution is 2.23. The Morgan fingerprint density at radius 1 is 1.05 bits per heavy atom. The molecule has 0 aromatic heterocycles. The molecule has 110 valence electrons. The van der Waals surface area contributed by atoms with E-state index in [2.05, 4.69) is 0 Å². The number of carbonyl (C=O) groups is 1. The Hall–Kier alpha value is -1.94. The molecular weight excluding hydrogens is 298 g/mol. The second kappa shape index (κ2) is 6.68.